The van der Waals surface area contributed by atoms with Gasteiger partial charge in [0.05, 0.1) is 7.11 Å². The Balaban J connectivity index is 1.92. The number of aliphatic hydroxyl groups excluding tert-OH is 1. The Hall–Kier alpha value is -2.77. The van der Waals surface area contributed by atoms with Crippen LogP contribution in [0.2, 0.25) is 0 Å². The third-order valence-electron chi connectivity index (χ3n) is 5.98. The smallest absolute Gasteiger partial charge is 0.339 e. The first-order valence-corrected chi connectivity index (χ1v) is 9.81. The van der Waals surface area contributed by atoms with Crippen molar-refractivity contribution >= 4 is 5.97 Å². The second-order valence-corrected chi connectivity index (χ2v) is 8.96. The van der Waals surface area contributed by atoms with Crippen molar-refractivity contribution in [3.05, 3.63) is 64.2 Å². The molecule has 1 aliphatic carbocycles. The Morgan fingerprint density at radius 1 is 1.03 bits per heavy atom. The number of aromatic carboxylic acids is 1. The average Bonchev–Trinajstić information content (AvgIpc) is 2.69. The number of ether oxygens (including phenoxy) is 1. The molecule has 152 valence electrons. The van der Waals surface area contributed by atoms with Gasteiger partial charge in [-0.15, -0.1) is 0 Å². The monoisotopic (exact) mass is 392 g/mol. The van der Waals surface area contributed by atoms with E-state index in [4.69, 9.17) is 4.74 Å². The Kier molecular flexibility index (Phi) is 5.47. The summed E-state index contributed by atoms with van der Waals surface area (Å²) in [5, 5.41) is 19.8. The van der Waals surface area contributed by atoms with Crippen LogP contribution in [0.25, 0.3) is 0 Å². The number of methoxy groups -OCH3 is 1. The first kappa shape index (κ1) is 21.0. The van der Waals surface area contributed by atoms with E-state index in [1.165, 1.54) is 24.3 Å². The van der Waals surface area contributed by atoms with Crippen molar-refractivity contribution in [1.82, 2.24) is 0 Å². The van der Waals surface area contributed by atoms with Crippen LogP contribution in [0.4, 0.5) is 0 Å². The molecule has 0 radical (unpaired) electrons. The maximum Gasteiger partial charge on any atom is 0.339 e. The molecule has 0 saturated heterocycles. The molecule has 2 N–H and O–H groups in total. The van der Waals surface area contributed by atoms with Crippen molar-refractivity contribution in [2.45, 2.75) is 57.5 Å². The Bertz CT molecular complexity index is 1010. The number of rotatable bonds is 3. The Labute approximate surface area is 172 Å². The second kappa shape index (κ2) is 7.57. The van der Waals surface area contributed by atoms with Gasteiger partial charge in [0.25, 0.3) is 0 Å². The number of fused-ring (bicyclic) bond motifs is 1. The minimum absolute atomic E-state index is 0.0635. The predicted molar refractivity (Wildman–Crippen MR) is 114 cm³/mol. The fourth-order valence-electron chi connectivity index (χ4n) is 3.96. The first-order valence-electron chi connectivity index (χ1n) is 9.81. The molecule has 0 fully saturated rings. The predicted octanol–water partition coefficient (Wildman–Crippen LogP) is 4.83. The van der Waals surface area contributed by atoms with Gasteiger partial charge in [-0.25, -0.2) is 4.79 Å². The van der Waals surface area contributed by atoms with Gasteiger partial charge in [-0.2, -0.15) is 0 Å². The lowest BCUT2D eigenvalue weighted by Crippen LogP contribution is -2.34. The molecule has 0 saturated carbocycles. The molecule has 4 heteroatoms. The van der Waals surface area contributed by atoms with Crippen molar-refractivity contribution in [3.8, 4) is 17.6 Å². The normalized spacial score (nSPS) is 17.4. The molecule has 29 heavy (non-hydrogen) atoms. The summed E-state index contributed by atoms with van der Waals surface area (Å²) in [5.41, 5.74) is 4.25. The Morgan fingerprint density at radius 2 is 1.69 bits per heavy atom. The van der Waals surface area contributed by atoms with Crippen LogP contribution in [0.5, 0.6) is 5.75 Å². The number of benzene rings is 2. The third-order valence-corrected chi connectivity index (χ3v) is 5.98. The fraction of sp³-hybridized carbons (Fsp3) is 0.400. The lowest BCUT2D eigenvalue weighted by molar-refractivity contribution is 0.0693. The number of carboxylic acid groups (broad SMARTS) is 1. The van der Waals surface area contributed by atoms with E-state index in [0.29, 0.717) is 5.56 Å². The highest BCUT2D eigenvalue weighted by Gasteiger charge is 2.37. The molecular formula is C25H28O4. The van der Waals surface area contributed by atoms with E-state index in [0.717, 1.165) is 18.4 Å². The number of carbonyl (C=O) groups is 1. The number of hydrogen-bond acceptors (Lipinski definition) is 3. The van der Waals surface area contributed by atoms with Gasteiger partial charge < -0.3 is 14.9 Å². The molecule has 1 atom stereocenters. The molecule has 2 aromatic rings. The van der Waals surface area contributed by atoms with Crippen molar-refractivity contribution in [2.24, 2.45) is 0 Å². The second-order valence-electron chi connectivity index (χ2n) is 8.96. The van der Waals surface area contributed by atoms with Crippen molar-refractivity contribution in [2.75, 3.05) is 7.11 Å². The summed E-state index contributed by atoms with van der Waals surface area (Å²) in [7, 11) is 1.42. The summed E-state index contributed by atoms with van der Waals surface area (Å²) >= 11 is 0. The molecule has 0 aliphatic heterocycles. The quantitative estimate of drug-likeness (QED) is 0.735. The summed E-state index contributed by atoms with van der Waals surface area (Å²) in [6, 6.07) is 10.8. The van der Waals surface area contributed by atoms with Crippen LogP contribution in [-0.2, 0) is 10.8 Å². The number of carboxylic acids is 1. The summed E-state index contributed by atoms with van der Waals surface area (Å²) in [5.74, 6) is 4.99. The van der Waals surface area contributed by atoms with Crippen molar-refractivity contribution in [3.63, 3.8) is 0 Å². The first-order chi connectivity index (χ1) is 13.5. The van der Waals surface area contributed by atoms with Gasteiger partial charge in [-0.05, 0) is 58.6 Å². The molecular weight excluding hydrogens is 364 g/mol. The molecule has 0 bridgehead atoms. The van der Waals surface area contributed by atoms with Crippen LogP contribution in [0.3, 0.4) is 0 Å². The lowest BCUT2D eigenvalue weighted by Gasteiger charge is -2.42. The van der Waals surface area contributed by atoms with E-state index in [2.05, 4.69) is 51.7 Å². The largest absolute Gasteiger partial charge is 0.496 e. The average molecular weight is 392 g/mol. The van der Waals surface area contributed by atoms with Gasteiger partial charge in [0, 0.05) is 5.56 Å². The zero-order valence-corrected chi connectivity index (χ0v) is 17.7. The van der Waals surface area contributed by atoms with Crippen molar-refractivity contribution < 1.29 is 19.7 Å². The van der Waals surface area contributed by atoms with Gasteiger partial charge in [-0.3, -0.25) is 0 Å². The maximum absolute atomic E-state index is 11.2. The standard InChI is InChI=1S/C25H28O4/c1-24(2)12-13-25(3,4)20-15-17(8-10-19(20)24)21(26)11-7-16-6-9-18(23(27)28)22(14-16)29-5/h6,8-10,14-15,21,26H,12-13H2,1-5H3,(H,27,28). The lowest BCUT2D eigenvalue weighted by atomic mass is 9.63. The van der Waals surface area contributed by atoms with Gasteiger partial charge in [-0.1, -0.05) is 57.7 Å². The summed E-state index contributed by atoms with van der Waals surface area (Å²) in [6.45, 7) is 9.04. The van der Waals surface area contributed by atoms with Crippen LogP contribution in [-0.4, -0.2) is 23.3 Å². The van der Waals surface area contributed by atoms with Crippen LogP contribution in [0.15, 0.2) is 36.4 Å². The number of hydrogen-bond donors (Lipinski definition) is 2. The molecule has 0 spiro atoms. The molecule has 0 aromatic heterocycles. The molecule has 1 unspecified atom stereocenters. The molecule has 0 amide bonds. The maximum atomic E-state index is 11.2. The van der Waals surface area contributed by atoms with E-state index in [1.807, 2.05) is 6.07 Å². The van der Waals surface area contributed by atoms with Gasteiger partial charge in [0.1, 0.15) is 17.4 Å². The van der Waals surface area contributed by atoms with E-state index in [1.54, 1.807) is 12.1 Å². The van der Waals surface area contributed by atoms with Gasteiger partial charge >= 0.3 is 5.97 Å². The highest BCUT2D eigenvalue weighted by atomic mass is 16.5. The summed E-state index contributed by atoms with van der Waals surface area (Å²) in [4.78, 5) is 11.2. The summed E-state index contributed by atoms with van der Waals surface area (Å²) in [6.07, 6.45) is 1.32. The van der Waals surface area contributed by atoms with Gasteiger partial charge in [0.15, 0.2) is 0 Å². The number of aliphatic hydroxyl groups is 1. The van der Waals surface area contributed by atoms with Crippen molar-refractivity contribution in [1.29, 1.82) is 0 Å². The van der Waals surface area contributed by atoms with Crippen LogP contribution >= 0.6 is 0 Å². The molecule has 4 nitrogen and oxygen atoms in total. The molecule has 3 rings (SSSR count). The minimum Gasteiger partial charge on any atom is -0.496 e. The third kappa shape index (κ3) is 4.16. The van der Waals surface area contributed by atoms with E-state index < -0.39 is 12.1 Å². The molecule has 0 heterocycles. The van der Waals surface area contributed by atoms with E-state index in [9.17, 15) is 15.0 Å². The highest BCUT2D eigenvalue weighted by molar-refractivity contribution is 5.91. The van der Waals surface area contributed by atoms with E-state index >= 15 is 0 Å². The fourth-order valence-corrected chi connectivity index (χ4v) is 3.96. The highest BCUT2D eigenvalue weighted by Crippen LogP contribution is 2.46. The summed E-state index contributed by atoms with van der Waals surface area (Å²) < 4.78 is 5.13. The van der Waals surface area contributed by atoms with Gasteiger partial charge in [0.2, 0.25) is 0 Å². The van der Waals surface area contributed by atoms with Crippen LogP contribution in [0.1, 0.15) is 79.3 Å². The van der Waals surface area contributed by atoms with Crippen LogP contribution in [0, 0.1) is 11.8 Å². The molecule has 2 aromatic carbocycles. The minimum atomic E-state index is -1.05. The van der Waals surface area contributed by atoms with Crippen LogP contribution < -0.4 is 4.74 Å². The zero-order valence-electron chi connectivity index (χ0n) is 17.7. The van der Waals surface area contributed by atoms with E-state index in [-0.39, 0.29) is 22.1 Å². The Morgan fingerprint density at radius 3 is 2.31 bits per heavy atom. The SMILES string of the molecule is COc1cc(C#CC(O)c2ccc3c(c2)C(C)(C)CCC3(C)C)ccc1C(=O)O. The molecule has 1 aliphatic rings. The zero-order chi connectivity index (χ0) is 21.4. The topological polar surface area (TPSA) is 66.8 Å².